The highest BCUT2D eigenvalue weighted by atomic mass is 19.1. The third kappa shape index (κ3) is 2.82. The van der Waals surface area contributed by atoms with Crippen molar-refractivity contribution >= 4 is 0 Å². The van der Waals surface area contributed by atoms with Crippen LogP contribution in [0.15, 0.2) is 48.5 Å². The van der Waals surface area contributed by atoms with Gasteiger partial charge >= 0.3 is 0 Å². The van der Waals surface area contributed by atoms with Crippen LogP contribution in [0, 0.1) is 5.82 Å². The van der Waals surface area contributed by atoms with Gasteiger partial charge in [0.2, 0.25) is 0 Å². The van der Waals surface area contributed by atoms with Crippen molar-refractivity contribution in [1.82, 2.24) is 0 Å². The molecule has 0 saturated heterocycles. The fraction of sp³-hybridized carbons (Fsp3) is 0.143. The molecule has 0 bridgehead atoms. The largest absolute Gasteiger partial charge is 0.457 e. The van der Waals surface area contributed by atoms with E-state index in [2.05, 4.69) is 0 Å². The van der Waals surface area contributed by atoms with E-state index in [1.807, 2.05) is 30.3 Å². The predicted octanol–water partition coefficient (Wildman–Crippen LogP) is 3.64. The Labute approximate surface area is 99.8 Å². The highest BCUT2D eigenvalue weighted by molar-refractivity contribution is 5.35. The normalized spacial score (nSPS) is 12.2. The number of hydrogen-bond donors (Lipinski definition) is 1. The summed E-state index contributed by atoms with van der Waals surface area (Å²) in [5.74, 6) is 1.00. The molecule has 0 aliphatic carbocycles. The Bertz CT molecular complexity index is 497. The van der Waals surface area contributed by atoms with Crippen LogP contribution in [0.25, 0.3) is 0 Å². The lowest BCUT2D eigenvalue weighted by Gasteiger charge is -2.10. The van der Waals surface area contributed by atoms with Gasteiger partial charge in [0.05, 0.1) is 0 Å². The molecule has 0 aliphatic heterocycles. The van der Waals surface area contributed by atoms with Crippen molar-refractivity contribution in [3.05, 3.63) is 59.9 Å². The second-order valence-corrected chi connectivity index (χ2v) is 3.89. The van der Waals surface area contributed by atoms with Gasteiger partial charge in [0, 0.05) is 11.6 Å². The first-order valence-corrected chi connectivity index (χ1v) is 5.45. The molecular weight excluding hydrogens is 217 g/mol. The Balaban J connectivity index is 2.26. The van der Waals surface area contributed by atoms with Crippen LogP contribution in [0.2, 0.25) is 0 Å². The minimum atomic E-state index is -0.352. The fourth-order valence-corrected chi connectivity index (χ4v) is 1.56. The van der Waals surface area contributed by atoms with Gasteiger partial charge in [-0.2, -0.15) is 0 Å². The molecule has 3 heteroatoms. The van der Waals surface area contributed by atoms with E-state index >= 15 is 0 Å². The third-order valence-electron chi connectivity index (χ3n) is 2.44. The molecule has 1 atom stereocenters. The number of benzene rings is 2. The van der Waals surface area contributed by atoms with Crippen molar-refractivity contribution in [2.24, 2.45) is 5.73 Å². The van der Waals surface area contributed by atoms with E-state index in [1.165, 1.54) is 6.07 Å². The number of rotatable bonds is 3. The van der Waals surface area contributed by atoms with E-state index in [4.69, 9.17) is 10.5 Å². The summed E-state index contributed by atoms with van der Waals surface area (Å²) in [6.07, 6.45) is 0. The quantitative estimate of drug-likeness (QED) is 0.875. The van der Waals surface area contributed by atoms with Crippen LogP contribution in [-0.2, 0) is 0 Å². The Hall–Kier alpha value is -1.87. The minimum Gasteiger partial charge on any atom is -0.457 e. The summed E-state index contributed by atoms with van der Waals surface area (Å²) in [5, 5.41) is 0. The highest BCUT2D eigenvalue weighted by Gasteiger charge is 2.08. The average molecular weight is 231 g/mol. The van der Waals surface area contributed by atoms with Crippen molar-refractivity contribution in [2.75, 3.05) is 0 Å². The van der Waals surface area contributed by atoms with Crippen LogP contribution in [0.3, 0.4) is 0 Å². The Morgan fingerprint density at radius 1 is 1.06 bits per heavy atom. The molecule has 1 unspecified atom stereocenters. The smallest absolute Gasteiger partial charge is 0.128 e. The van der Waals surface area contributed by atoms with Crippen molar-refractivity contribution in [2.45, 2.75) is 13.0 Å². The standard InChI is InChI=1S/C14H14FNO/c1-10(16)13-9-12(7-8-14(13)15)17-11-5-3-2-4-6-11/h2-10H,16H2,1H3. The van der Waals surface area contributed by atoms with Gasteiger partial charge in [0.15, 0.2) is 0 Å². The molecule has 0 spiro atoms. The van der Waals surface area contributed by atoms with Crippen LogP contribution < -0.4 is 10.5 Å². The van der Waals surface area contributed by atoms with Crippen LogP contribution >= 0.6 is 0 Å². The summed E-state index contributed by atoms with van der Waals surface area (Å²) in [6.45, 7) is 1.74. The molecule has 0 radical (unpaired) electrons. The lowest BCUT2D eigenvalue weighted by atomic mass is 10.1. The van der Waals surface area contributed by atoms with Gasteiger partial charge in [-0.25, -0.2) is 4.39 Å². The van der Waals surface area contributed by atoms with Gasteiger partial charge in [-0.1, -0.05) is 18.2 Å². The summed E-state index contributed by atoms with van der Waals surface area (Å²) in [6, 6.07) is 13.6. The van der Waals surface area contributed by atoms with E-state index < -0.39 is 0 Å². The van der Waals surface area contributed by atoms with Gasteiger partial charge in [-0.05, 0) is 37.3 Å². The molecule has 2 rings (SSSR count). The zero-order valence-electron chi connectivity index (χ0n) is 9.56. The Kier molecular flexibility index (Phi) is 3.40. The minimum absolute atomic E-state index is 0.305. The van der Waals surface area contributed by atoms with E-state index in [9.17, 15) is 4.39 Å². The monoisotopic (exact) mass is 231 g/mol. The third-order valence-corrected chi connectivity index (χ3v) is 2.44. The molecule has 0 heterocycles. The number of ether oxygens (including phenoxy) is 1. The fourth-order valence-electron chi connectivity index (χ4n) is 1.56. The van der Waals surface area contributed by atoms with Crippen LogP contribution in [0.5, 0.6) is 11.5 Å². The number of hydrogen-bond acceptors (Lipinski definition) is 2. The molecule has 2 aromatic carbocycles. The first-order chi connectivity index (χ1) is 8.16. The number of para-hydroxylation sites is 1. The lowest BCUT2D eigenvalue weighted by Crippen LogP contribution is -2.07. The molecule has 0 fully saturated rings. The molecule has 0 aliphatic rings. The maximum Gasteiger partial charge on any atom is 0.128 e. The predicted molar refractivity (Wildman–Crippen MR) is 65.5 cm³/mol. The van der Waals surface area contributed by atoms with Crippen molar-refractivity contribution < 1.29 is 9.13 Å². The zero-order valence-corrected chi connectivity index (χ0v) is 9.56. The van der Waals surface area contributed by atoms with Gasteiger partial charge in [-0.3, -0.25) is 0 Å². The van der Waals surface area contributed by atoms with Gasteiger partial charge < -0.3 is 10.5 Å². The number of halogens is 1. The van der Waals surface area contributed by atoms with E-state index in [0.717, 1.165) is 5.75 Å². The molecule has 0 saturated carbocycles. The average Bonchev–Trinajstić information content (AvgIpc) is 2.32. The molecular formula is C14H14FNO. The summed E-state index contributed by atoms with van der Waals surface area (Å²) in [4.78, 5) is 0. The second kappa shape index (κ2) is 4.97. The Morgan fingerprint density at radius 2 is 1.76 bits per heavy atom. The second-order valence-electron chi connectivity index (χ2n) is 3.89. The Morgan fingerprint density at radius 3 is 2.41 bits per heavy atom. The molecule has 0 aromatic heterocycles. The van der Waals surface area contributed by atoms with Gasteiger partial charge in [-0.15, -0.1) is 0 Å². The zero-order chi connectivity index (χ0) is 12.3. The summed E-state index contributed by atoms with van der Waals surface area (Å²) in [7, 11) is 0. The van der Waals surface area contributed by atoms with E-state index in [-0.39, 0.29) is 11.9 Å². The summed E-state index contributed by atoms with van der Waals surface area (Å²) >= 11 is 0. The summed E-state index contributed by atoms with van der Waals surface area (Å²) in [5.41, 5.74) is 6.14. The molecule has 2 N–H and O–H groups in total. The molecule has 2 nitrogen and oxygen atoms in total. The van der Waals surface area contributed by atoms with Gasteiger partial charge in [0.25, 0.3) is 0 Å². The maximum atomic E-state index is 13.4. The maximum absolute atomic E-state index is 13.4. The first kappa shape index (κ1) is 11.6. The van der Waals surface area contributed by atoms with Crippen LogP contribution in [0.1, 0.15) is 18.5 Å². The first-order valence-electron chi connectivity index (χ1n) is 5.45. The van der Waals surface area contributed by atoms with Crippen molar-refractivity contribution in [3.8, 4) is 11.5 Å². The van der Waals surface area contributed by atoms with Crippen LogP contribution in [0.4, 0.5) is 4.39 Å². The lowest BCUT2D eigenvalue weighted by molar-refractivity contribution is 0.477. The van der Waals surface area contributed by atoms with Crippen LogP contribution in [-0.4, -0.2) is 0 Å². The topological polar surface area (TPSA) is 35.2 Å². The SMILES string of the molecule is CC(N)c1cc(Oc2ccccc2)ccc1F. The molecule has 17 heavy (non-hydrogen) atoms. The summed E-state index contributed by atoms with van der Waals surface area (Å²) < 4.78 is 19.0. The molecule has 2 aromatic rings. The number of nitrogens with two attached hydrogens (primary N) is 1. The van der Waals surface area contributed by atoms with Crippen molar-refractivity contribution in [1.29, 1.82) is 0 Å². The van der Waals surface area contributed by atoms with E-state index in [1.54, 1.807) is 19.1 Å². The van der Waals surface area contributed by atoms with Crippen molar-refractivity contribution in [3.63, 3.8) is 0 Å². The highest BCUT2D eigenvalue weighted by Crippen LogP contribution is 2.25. The van der Waals surface area contributed by atoms with Gasteiger partial charge in [0.1, 0.15) is 17.3 Å². The molecule has 0 amide bonds. The molecule has 88 valence electrons. The van der Waals surface area contributed by atoms with E-state index in [0.29, 0.717) is 11.3 Å².